The second-order valence-corrected chi connectivity index (χ2v) is 8.15. The summed E-state index contributed by atoms with van der Waals surface area (Å²) in [5.74, 6) is 0.369. The third-order valence-electron chi connectivity index (χ3n) is 4.83. The molecule has 160 valence electrons. The molecule has 0 bridgehead atoms. The van der Waals surface area contributed by atoms with Crippen molar-refractivity contribution in [2.75, 3.05) is 11.9 Å². The number of hydrogen-bond acceptors (Lipinski definition) is 3. The number of amides is 2. The largest absolute Gasteiger partial charge is 0.484 e. The van der Waals surface area contributed by atoms with Crippen LogP contribution < -0.4 is 10.1 Å². The highest BCUT2D eigenvalue weighted by Crippen LogP contribution is 2.26. The molecule has 0 saturated heterocycles. The molecule has 0 unspecified atom stereocenters. The zero-order valence-corrected chi connectivity index (χ0v) is 19.1. The first-order valence-electron chi connectivity index (χ1n) is 10.0. The van der Waals surface area contributed by atoms with Crippen LogP contribution in [0.4, 0.5) is 5.69 Å². The van der Waals surface area contributed by atoms with E-state index in [0.717, 1.165) is 15.6 Å². The molecule has 1 atom stereocenters. The van der Waals surface area contributed by atoms with Gasteiger partial charge in [-0.3, -0.25) is 9.59 Å². The van der Waals surface area contributed by atoms with Crippen molar-refractivity contribution in [3.8, 4) is 5.75 Å². The number of carbonyl (C=O) groups is 2. The van der Waals surface area contributed by atoms with E-state index in [2.05, 4.69) is 21.2 Å². The Hall–Kier alpha value is -3.12. The summed E-state index contributed by atoms with van der Waals surface area (Å²) in [5, 5.41) is 2.80. The van der Waals surface area contributed by atoms with Gasteiger partial charge in [0, 0.05) is 23.6 Å². The van der Waals surface area contributed by atoms with Gasteiger partial charge in [0.25, 0.3) is 5.91 Å². The van der Waals surface area contributed by atoms with E-state index in [9.17, 15) is 9.59 Å². The van der Waals surface area contributed by atoms with Crippen LogP contribution in [0.1, 0.15) is 31.0 Å². The molecule has 0 aliphatic rings. The Morgan fingerprint density at radius 1 is 1.00 bits per heavy atom. The summed E-state index contributed by atoms with van der Waals surface area (Å²) in [7, 11) is 0. The molecule has 0 saturated carbocycles. The van der Waals surface area contributed by atoms with Crippen LogP contribution in [0, 0.1) is 0 Å². The molecule has 3 aromatic carbocycles. The van der Waals surface area contributed by atoms with Crippen molar-refractivity contribution < 1.29 is 14.3 Å². The minimum Gasteiger partial charge on any atom is -0.484 e. The normalized spacial score (nSPS) is 11.5. The highest BCUT2D eigenvalue weighted by molar-refractivity contribution is 9.10. The average Bonchev–Trinajstić information content (AvgIpc) is 2.76. The van der Waals surface area contributed by atoms with Crippen LogP contribution >= 0.6 is 15.9 Å². The van der Waals surface area contributed by atoms with Crippen LogP contribution in [0.5, 0.6) is 5.75 Å². The van der Waals surface area contributed by atoms with E-state index in [4.69, 9.17) is 4.74 Å². The zero-order chi connectivity index (χ0) is 22.2. The Bertz CT molecular complexity index is 1040. The van der Waals surface area contributed by atoms with E-state index in [1.807, 2.05) is 85.8 Å². The molecule has 0 radical (unpaired) electrons. The fourth-order valence-corrected chi connectivity index (χ4v) is 3.64. The van der Waals surface area contributed by atoms with Gasteiger partial charge in [-0.2, -0.15) is 0 Å². The lowest BCUT2D eigenvalue weighted by atomic mass is 10.0. The lowest BCUT2D eigenvalue weighted by molar-refractivity contribution is -0.136. The number of hydrogen-bond donors (Lipinski definition) is 1. The molecule has 0 aromatic heterocycles. The summed E-state index contributed by atoms with van der Waals surface area (Å²) in [5.41, 5.74) is 2.66. The van der Waals surface area contributed by atoms with Gasteiger partial charge in [0.1, 0.15) is 5.75 Å². The molecule has 3 aromatic rings. The van der Waals surface area contributed by atoms with Crippen molar-refractivity contribution in [1.29, 1.82) is 0 Å². The lowest BCUT2D eigenvalue weighted by Crippen LogP contribution is -2.36. The summed E-state index contributed by atoms with van der Waals surface area (Å²) in [4.78, 5) is 26.4. The first kappa shape index (κ1) is 22.6. The number of rotatable bonds is 8. The van der Waals surface area contributed by atoms with Gasteiger partial charge >= 0.3 is 0 Å². The minimum atomic E-state index is -0.215. The van der Waals surface area contributed by atoms with E-state index in [1.54, 1.807) is 4.90 Å². The van der Waals surface area contributed by atoms with Crippen LogP contribution in [0.2, 0.25) is 0 Å². The summed E-state index contributed by atoms with van der Waals surface area (Å²) in [6, 6.07) is 24.6. The maximum atomic E-state index is 13.2. The molecule has 0 fully saturated rings. The number of nitrogens with one attached hydrogen (secondary N) is 1. The van der Waals surface area contributed by atoms with E-state index in [-0.39, 0.29) is 24.5 Å². The van der Waals surface area contributed by atoms with Gasteiger partial charge in [-0.05, 0) is 48.4 Å². The van der Waals surface area contributed by atoms with Gasteiger partial charge in [0.15, 0.2) is 6.61 Å². The molecular weight excluding hydrogens is 456 g/mol. The molecule has 1 N–H and O–H groups in total. The summed E-state index contributed by atoms with van der Waals surface area (Å²) in [6.07, 6.45) is 0. The quantitative estimate of drug-likeness (QED) is 0.457. The van der Waals surface area contributed by atoms with Gasteiger partial charge in [0.2, 0.25) is 5.91 Å². The van der Waals surface area contributed by atoms with Crippen molar-refractivity contribution in [3.05, 3.63) is 94.5 Å². The number of anilines is 1. The first-order chi connectivity index (χ1) is 14.9. The Balaban J connectivity index is 1.81. The minimum absolute atomic E-state index is 0.0704. The predicted molar refractivity (Wildman–Crippen MR) is 126 cm³/mol. The van der Waals surface area contributed by atoms with E-state index >= 15 is 0 Å². The number of carbonyl (C=O) groups excluding carboxylic acids is 2. The molecule has 5 nitrogen and oxygen atoms in total. The zero-order valence-electron chi connectivity index (χ0n) is 17.5. The Labute approximate surface area is 191 Å². The summed E-state index contributed by atoms with van der Waals surface area (Å²) >= 11 is 3.41. The van der Waals surface area contributed by atoms with Crippen molar-refractivity contribution in [2.24, 2.45) is 0 Å². The maximum Gasteiger partial charge on any atom is 0.261 e. The SMILES string of the molecule is CC(=O)Nc1cccc([C@@H](C)N(Cc2ccccc2)C(=O)COc2cccc(Br)c2)c1. The fourth-order valence-electron chi connectivity index (χ4n) is 3.27. The van der Waals surface area contributed by atoms with E-state index < -0.39 is 0 Å². The molecule has 2 amide bonds. The van der Waals surface area contributed by atoms with Crippen LogP contribution in [0.3, 0.4) is 0 Å². The lowest BCUT2D eigenvalue weighted by Gasteiger charge is -2.30. The van der Waals surface area contributed by atoms with Crippen LogP contribution in [-0.4, -0.2) is 23.3 Å². The van der Waals surface area contributed by atoms with Crippen LogP contribution in [0.25, 0.3) is 0 Å². The average molecular weight is 481 g/mol. The fraction of sp³-hybridized carbons (Fsp3) is 0.200. The second-order valence-electron chi connectivity index (χ2n) is 7.24. The standard InChI is InChI=1S/C25H25BrN2O3/c1-18(21-10-6-12-23(14-21)27-19(2)29)28(16-20-8-4-3-5-9-20)25(30)17-31-24-13-7-11-22(26)15-24/h3-15,18H,16-17H2,1-2H3,(H,27,29)/t18-/m1/s1. The summed E-state index contributed by atoms with van der Waals surface area (Å²) in [6.45, 7) is 3.83. The highest BCUT2D eigenvalue weighted by Gasteiger charge is 2.23. The number of halogens is 1. The molecule has 0 heterocycles. The van der Waals surface area contributed by atoms with Gasteiger partial charge in [0.05, 0.1) is 6.04 Å². The number of nitrogens with zero attached hydrogens (tertiary/aromatic N) is 1. The topological polar surface area (TPSA) is 58.6 Å². The molecule has 31 heavy (non-hydrogen) atoms. The van der Waals surface area contributed by atoms with E-state index in [1.165, 1.54) is 6.92 Å². The molecular formula is C25H25BrN2O3. The maximum absolute atomic E-state index is 13.2. The van der Waals surface area contributed by atoms with Gasteiger partial charge in [-0.25, -0.2) is 0 Å². The third kappa shape index (κ3) is 6.69. The smallest absolute Gasteiger partial charge is 0.261 e. The van der Waals surface area contributed by atoms with Crippen molar-refractivity contribution in [3.63, 3.8) is 0 Å². The van der Waals surface area contributed by atoms with Crippen molar-refractivity contribution in [2.45, 2.75) is 26.4 Å². The Morgan fingerprint density at radius 2 is 1.74 bits per heavy atom. The molecule has 3 rings (SSSR count). The third-order valence-corrected chi connectivity index (χ3v) is 5.32. The molecule has 0 aliphatic carbocycles. The highest BCUT2D eigenvalue weighted by atomic mass is 79.9. The van der Waals surface area contributed by atoms with E-state index in [0.29, 0.717) is 18.0 Å². The number of benzene rings is 3. The predicted octanol–water partition coefficient (Wildman–Crippen LogP) is 5.58. The number of ether oxygens (including phenoxy) is 1. The molecule has 0 aliphatic heterocycles. The Morgan fingerprint density at radius 3 is 2.45 bits per heavy atom. The van der Waals surface area contributed by atoms with Gasteiger partial charge in [-0.1, -0.05) is 64.5 Å². The first-order valence-corrected chi connectivity index (χ1v) is 10.8. The van der Waals surface area contributed by atoms with Gasteiger partial charge in [-0.15, -0.1) is 0 Å². The van der Waals surface area contributed by atoms with Crippen LogP contribution in [0.15, 0.2) is 83.3 Å². The molecule has 6 heteroatoms. The molecule has 0 spiro atoms. The summed E-state index contributed by atoms with van der Waals surface area (Å²) < 4.78 is 6.64. The second kappa shape index (κ2) is 10.8. The van der Waals surface area contributed by atoms with Crippen molar-refractivity contribution >= 4 is 33.4 Å². The Kier molecular flexibility index (Phi) is 7.84. The van der Waals surface area contributed by atoms with Crippen molar-refractivity contribution in [1.82, 2.24) is 4.90 Å². The van der Waals surface area contributed by atoms with Gasteiger partial charge < -0.3 is 15.0 Å². The monoisotopic (exact) mass is 480 g/mol. The van der Waals surface area contributed by atoms with Crippen LogP contribution in [-0.2, 0) is 16.1 Å².